The first-order valence-electron chi connectivity index (χ1n) is 7.54. The van der Waals surface area contributed by atoms with Crippen LogP contribution in [0.4, 0.5) is 0 Å². The largest absolute Gasteiger partial charge is 0.296 e. The average Bonchev–Trinajstić information content (AvgIpc) is 2.56. The fourth-order valence-corrected chi connectivity index (χ4v) is 5.25. The minimum absolute atomic E-state index is 0.00378. The highest BCUT2D eigenvalue weighted by Gasteiger charge is 2.31. The molecule has 1 aromatic heterocycles. The van der Waals surface area contributed by atoms with Crippen molar-refractivity contribution in [2.24, 2.45) is 0 Å². The Kier molecular flexibility index (Phi) is 5.42. The number of nitrogens with zero attached hydrogens (tertiary/aromatic N) is 3. The molecule has 0 unspecified atom stereocenters. The number of hydrogen-bond acceptors (Lipinski definition) is 4. The summed E-state index contributed by atoms with van der Waals surface area (Å²) in [7, 11) is -3.69. The van der Waals surface area contributed by atoms with Crippen molar-refractivity contribution in [3.63, 3.8) is 0 Å². The number of rotatable bonds is 4. The molecule has 1 saturated heterocycles. The Hall–Kier alpha value is -1.18. The molecule has 1 aliphatic rings. The molecule has 0 radical (unpaired) electrons. The zero-order chi connectivity index (χ0) is 17.2. The van der Waals surface area contributed by atoms with Crippen molar-refractivity contribution >= 4 is 33.2 Å². The van der Waals surface area contributed by atoms with Crippen LogP contribution in [0, 0.1) is 0 Å². The third-order valence-electron chi connectivity index (χ3n) is 4.00. The van der Waals surface area contributed by atoms with Crippen molar-refractivity contribution in [3.8, 4) is 0 Å². The van der Waals surface area contributed by atoms with Crippen LogP contribution < -0.4 is 0 Å². The Balaban J connectivity index is 1.70. The van der Waals surface area contributed by atoms with Gasteiger partial charge in [0.15, 0.2) is 0 Å². The molecular weight excluding hydrogens is 369 g/mol. The van der Waals surface area contributed by atoms with Gasteiger partial charge >= 0.3 is 0 Å². The average molecular weight is 386 g/mol. The first-order chi connectivity index (χ1) is 11.5. The van der Waals surface area contributed by atoms with Crippen molar-refractivity contribution in [1.29, 1.82) is 0 Å². The molecule has 1 aliphatic heterocycles. The van der Waals surface area contributed by atoms with Gasteiger partial charge in [-0.05, 0) is 29.8 Å². The van der Waals surface area contributed by atoms with Crippen LogP contribution in [0.2, 0.25) is 10.0 Å². The summed E-state index contributed by atoms with van der Waals surface area (Å²) in [4.78, 5) is 6.22. The molecule has 0 spiro atoms. The molecular formula is C16H17Cl2N3O2S. The Labute approximate surface area is 151 Å². The molecule has 24 heavy (non-hydrogen) atoms. The molecule has 0 bridgehead atoms. The molecule has 1 aromatic carbocycles. The second-order valence-electron chi connectivity index (χ2n) is 5.59. The number of aromatic nitrogens is 1. The first kappa shape index (κ1) is 17.6. The van der Waals surface area contributed by atoms with Crippen LogP contribution in [0.5, 0.6) is 0 Å². The molecule has 2 heterocycles. The third-order valence-corrected chi connectivity index (χ3v) is 6.86. The van der Waals surface area contributed by atoms with Gasteiger partial charge < -0.3 is 0 Å². The SMILES string of the molecule is O=S(=O)(c1c(Cl)cccc1Cl)N1CCN(Cc2ccncc2)CC1. The van der Waals surface area contributed by atoms with Gasteiger partial charge in [-0.1, -0.05) is 29.3 Å². The molecule has 0 aliphatic carbocycles. The number of hydrogen-bond donors (Lipinski definition) is 0. The maximum absolute atomic E-state index is 12.8. The summed E-state index contributed by atoms with van der Waals surface area (Å²) in [5.74, 6) is 0. The molecule has 3 rings (SSSR count). The minimum Gasteiger partial charge on any atom is -0.296 e. The number of halogens is 2. The van der Waals surface area contributed by atoms with E-state index in [0.717, 1.165) is 12.1 Å². The normalized spacial score (nSPS) is 17.1. The summed E-state index contributed by atoms with van der Waals surface area (Å²) in [5, 5.41) is 0.309. The predicted molar refractivity (Wildman–Crippen MR) is 94.7 cm³/mol. The summed E-state index contributed by atoms with van der Waals surface area (Å²) in [6.07, 6.45) is 3.52. The Morgan fingerprint density at radius 3 is 2.12 bits per heavy atom. The molecule has 8 heteroatoms. The molecule has 1 fully saturated rings. The highest BCUT2D eigenvalue weighted by Crippen LogP contribution is 2.31. The van der Waals surface area contributed by atoms with Gasteiger partial charge in [-0.3, -0.25) is 9.88 Å². The number of benzene rings is 1. The van der Waals surface area contributed by atoms with Crippen LogP contribution in [0.1, 0.15) is 5.56 Å². The van der Waals surface area contributed by atoms with Crippen LogP contribution >= 0.6 is 23.2 Å². The number of sulfonamides is 1. The lowest BCUT2D eigenvalue weighted by Crippen LogP contribution is -2.48. The fourth-order valence-electron chi connectivity index (χ4n) is 2.73. The van der Waals surface area contributed by atoms with Gasteiger partial charge in [0.2, 0.25) is 10.0 Å². The smallest absolute Gasteiger partial charge is 0.246 e. The van der Waals surface area contributed by atoms with Crippen molar-refractivity contribution in [2.75, 3.05) is 26.2 Å². The monoisotopic (exact) mass is 385 g/mol. The standard InChI is InChI=1S/C16H17Cl2N3O2S/c17-14-2-1-3-15(18)16(14)24(22,23)21-10-8-20(9-11-21)12-13-4-6-19-7-5-13/h1-7H,8-12H2. The number of piperazine rings is 1. The summed E-state index contributed by atoms with van der Waals surface area (Å²) < 4.78 is 27.1. The molecule has 2 aromatic rings. The molecule has 0 amide bonds. The lowest BCUT2D eigenvalue weighted by atomic mass is 10.2. The van der Waals surface area contributed by atoms with E-state index in [-0.39, 0.29) is 14.9 Å². The van der Waals surface area contributed by atoms with Crippen LogP contribution in [0.3, 0.4) is 0 Å². The Bertz CT molecular complexity index is 787. The molecule has 128 valence electrons. The van der Waals surface area contributed by atoms with E-state index in [1.165, 1.54) is 4.31 Å². The van der Waals surface area contributed by atoms with E-state index in [0.29, 0.717) is 26.2 Å². The van der Waals surface area contributed by atoms with Gasteiger partial charge in [-0.2, -0.15) is 4.31 Å². The second kappa shape index (κ2) is 7.37. The van der Waals surface area contributed by atoms with Crippen LogP contribution in [-0.2, 0) is 16.6 Å². The van der Waals surface area contributed by atoms with E-state index in [4.69, 9.17) is 23.2 Å². The Morgan fingerprint density at radius 1 is 0.958 bits per heavy atom. The third kappa shape index (κ3) is 3.73. The maximum atomic E-state index is 12.8. The van der Waals surface area contributed by atoms with Crippen molar-refractivity contribution in [3.05, 3.63) is 58.3 Å². The zero-order valence-electron chi connectivity index (χ0n) is 12.9. The summed E-state index contributed by atoms with van der Waals surface area (Å²) >= 11 is 12.1. The van der Waals surface area contributed by atoms with Crippen LogP contribution in [0.25, 0.3) is 0 Å². The molecule has 5 nitrogen and oxygen atoms in total. The zero-order valence-corrected chi connectivity index (χ0v) is 15.2. The van der Waals surface area contributed by atoms with E-state index < -0.39 is 10.0 Å². The van der Waals surface area contributed by atoms with Gasteiger partial charge in [0.05, 0.1) is 10.0 Å². The van der Waals surface area contributed by atoms with E-state index in [1.807, 2.05) is 12.1 Å². The molecule has 0 N–H and O–H groups in total. The predicted octanol–water partition coefficient (Wildman–Crippen LogP) is 2.89. The van der Waals surface area contributed by atoms with E-state index in [9.17, 15) is 8.42 Å². The van der Waals surface area contributed by atoms with Crippen LogP contribution in [0.15, 0.2) is 47.6 Å². The molecule has 0 atom stereocenters. The first-order valence-corrected chi connectivity index (χ1v) is 9.73. The number of pyridine rings is 1. The van der Waals surface area contributed by atoms with Gasteiger partial charge in [-0.15, -0.1) is 0 Å². The van der Waals surface area contributed by atoms with Gasteiger partial charge in [0, 0.05) is 45.1 Å². The quantitative estimate of drug-likeness (QED) is 0.811. The second-order valence-corrected chi connectivity index (χ2v) is 8.28. The van der Waals surface area contributed by atoms with Crippen LogP contribution in [-0.4, -0.2) is 48.8 Å². The minimum atomic E-state index is -3.69. The van der Waals surface area contributed by atoms with Crippen molar-refractivity contribution in [1.82, 2.24) is 14.2 Å². The van der Waals surface area contributed by atoms with Gasteiger partial charge in [0.25, 0.3) is 0 Å². The lowest BCUT2D eigenvalue weighted by Gasteiger charge is -2.34. The molecule has 0 saturated carbocycles. The fraction of sp³-hybridized carbons (Fsp3) is 0.312. The summed E-state index contributed by atoms with van der Waals surface area (Å²) in [5.41, 5.74) is 1.16. The lowest BCUT2D eigenvalue weighted by molar-refractivity contribution is 0.181. The maximum Gasteiger partial charge on any atom is 0.246 e. The topological polar surface area (TPSA) is 53.5 Å². The summed E-state index contributed by atoms with van der Waals surface area (Å²) in [6, 6.07) is 8.65. The van der Waals surface area contributed by atoms with E-state index in [1.54, 1.807) is 30.6 Å². The van der Waals surface area contributed by atoms with Gasteiger partial charge in [-0.25, -0.2) is 8.42 Å². The van der Waals surface area contributed by atoms with E-state index in [2.05, 4.69) is 9.88 Å². The van der Waals surface area contributed by atoms with Crippen molar-refractivity contribution < 1.29 is 8.42 Å². The highest BCUT2D eigenvalue weighted by atomic mass is 35.5. The van der Waals surface area contributed by atoms with E-state index >= 15 is 0 Å². The van der Waals surface area contributed by atoms with Crippen molar-refractivity contribution in [2.45, 2.75) is 11.4 Å². The summed E-state index contributed by atoms with van der Waals surface area (Å²) in [6.45, 7) is 2.92. The Morgan fingerprint density at radius 2 is 1.54 bits per heavy atom. The highest BCUT2D eigenvalue weighted by molar-refractivity contribution is 7.89. The van der Waals surface area contributed by atoms with Gasteiger partial charge in [0.1, 0.15) is 4.90 Å².